The highest BCUT2D eigenvalue weighted by Crippen LogP contribution is 2.38. The zero-order chi connectivity index (χ0) is 20.7. The molecule has 1 fully saturated rings. The van der Waals surface area contributed by atoms with Crippen LogP contribution in [0.4, 0.5) is 0 Å². The third-order valence-electron chi connectivity index (χ3n) is 6.32. The molecule has 6 heteroatoms. The Labute approximate surface area is 186 Å². The van der Waals surface area contributed by atoms with E-state index in [9.17, 15) is 0 Å². The van der Waals surface area contributed by atoms with Crippen LogP contribution in [-0.4, -0.2) is 34.2 Å². The minimum absolute atomic E-state index is 0.0858. The number of ether oxygens (including phenoxy) is 1. The Morgan fingerprint density at radius 3 is 2.70 bits per heavy atom. The molecule has 4 aromatic rings. The zero-order valence-electron chi connectivity index (χ0n) is 16.9. The number of hydrogen-bond donors (Lipinski definition) is 2. The highest BCUT2D eigenvalue weighted by Gasteiger charge is 2.28. The average molecular weight is 442 g/mol. The number of benzene rings is 2. The lowest BCUT2D eigenvalue weighted by Gasteiger charge is -2.37. The van der Waals surface area contributed by atoms with E-state index in [4.69, 9.17) is 27.9 Å². The molecule has 1 aliphatic rings. The first-order chi connectivity index (χ1) is 14.7. The summed E-state index contributed by atoms with van der Waals surface area (Å²) in [7, 11) is 0. The molecule has 30 heavy (non-hydrogen) atoms. The first-order valence-corrected chi connectivity index (χ1v) is 11.3. The van der Waals surface area contributed by atoms with Gasteiger partial charge in [-0.3, -0.25) is 4.90 Å². The van der Waals surface area contributed by atoms with Crippen molar-refractivity contribution in [3.8, 4) is 5.75 Å². The topological polar surface area (TPSA) is 44.0 Å². The Balaban J connectivity index is 1.30. The van der Waals surface area contributed by atoms with Crippen LogP contribution in [0.25, 0.3) is 21.8 Å². The smallest absolute Gasteiger partial charge is 0.152 e. The third-order valence-corrected chi connectivity index (χ3v) is 7.13. The van der Waals surface area contributed by atoms with Crippen LogP contribution in [0, 0.1) is 0 Å². The summed E-state index contributed by atoms with van der Waals surface area (Å²) in [5.41, 5.74) is 3.39. The van der Waals surface area contributed by atoms with Crippen LogP contribution in [0.5, 0.6) is 5.75 Å². The van der Waals surface area contributed by atoms with Gasteiger partial charge < -0.3 is 14.7 Å². The molecule has 2 N–H and O–H groups in total. The van der Waals surface area contributed by atoms with Gasteiger partial charge in [-0.15, -0.1) is 0 Å². The molecule has 0 bridgehead atoms. The number of hydrogen-bond acceptors (Lipinski definition) is 2. The SMILES string of the molecule is CCC(Oc1cccc2[nH]ccc12)N1CCC(c2c[nH]c3c(Cl)c(Cl)ccc23)CC1. The van der Waals surface area contributed by atoms with Gasteiger partial charge in [0.25, 0.3) is 0 Å². The number of aromatic amines is 2. The van der Waals surface area contributed by atoms with Gasteiger partial charge in [0.1, 0.15) is 5.75 Å². The lowest BCUT2D eigenvalue weighted by molar-refractivity contribution is 0.00726. The zero-order valence-corrected chi connectivity index (χ0v) is 18.4. The molecule has 0 radical (unpaired) electrons. The van der Waals surface area contributed by atoms with Gasteiger partial charge in [0.05, 0.1) is 15.6 Å². The van der Waals surface area contributed by atoms with Crippen LogP contribution in [0.3, 0.4) is 0 Å². The summed E-state index contributed by atoms with van der Waals surface area (Å²) in [6.45, 7) is 4.22. The van der Waals surface area contributed by atoms with Crippen molar-refractivity contribution in [1.82, 2.24) is 14.9 Å². The van der Waals surface area contributed by atoms with Gasteiger partial charge in [0, 0.05) is 41.8 Å². The summed E-state index contributed by atoms with van der Waals surface area (Å²) in [6, 6.07) is 12.2. The first kappa shape index (κ1) is 19.8. The highest BCUT2D eigenvalue weighted by molar-refractivity contribution is 6.45. The van der Waals surface area contributed by atoms with Gasteiger partial charge in [0.15, 0.2) is 6.23 Å². The molecule has 1 unspecified atom stereocenters. The lowest BCUT2D eigenvalue weighted by Crippen LogP contribution is -2.43. The van der Waals surface area contributed by atoms with Gasteiger partial charge in [-0.25, -0.2) is 0 Å². The molecule has 2 aromatic heterocycles. The first-order valence-electron chi connectivity index (χ1n) is 10.6. The van der Waals surface area contributed by atoms with E-state index in [1.807, 2.05) is 18.3 Å². The molecule has 156 valence electrons. The molecule has 1 saturated heterocycles. The normalized spacial score (nSPS) is 17.0. The summed E-state index contributed by atoms with van der Waals surface area (Å²) >= 11 is 12.6. The minimum atomic E-state index is 0.0858. The Morgan fingerprint density at radius 2 is 1.90 bits per heavy atom. The number of nitrogens with zero attached hydrogens (tertiary/aromatic N) is 1. The molecule has 0 aliphatic carbocycles. The molecule has 4 nitrogen and oxygen atoms in total. The summed E-state index contributed by atoms with van der Waals surface area (Å²) in [5.74, 6) is 1.46. The number of rotatable bonds is 5. The van der Waals surface area contributed by atoms with Crippen molar-refractivity contribution in [1.29, 1.82) is 0 Å². The summed E-state index contributed by atoms with van der Waals surface area (Å²) in [6.07, 6.45) is 7.30. The molecule has 2 aromatic carbocycles. The highest BCUT2D eigenvalue weighted by atomic mass is 35.5. The predicted octanol–water partition coefficient (Wildman–Crippen LogP) is 6.95. The van der Waals surface area contributed by atoms with E-state index in [1.165, 1.54) is 10.9 Å². The molecule has 5 rings (SSSR count). The molecule has 0 spiro atoms. The van der Waals surface area contributed by atoms with Crippen molar-refractivity contribution in [3.63, 3.8) is 0 Å². The maximum atomic E-state index is 6.47. The van der Waals surface area contributed by atoms with Crippen LogP contribution in [0.1, 0.15) is 37.7 Å². The molecule has 0 amide bonds. The number of fused-ring (bicyclic) bond motifs is 2. The molecule has 3 heterocycles. The molecular formula is C24H25Cl2N3O. The van der Waals surface area contributed by atoms with E-state index < -0.39 is 0 Å². The van der Waals surface area contributed by atoms with E-state index in [1.54, 1.807) is 0 Å². The van der Waals surface area contributed by atoms with Crippen molar-refractivity contribution in [2.75, 3.05) is 13.1 Å². The maximum Gasteiger partial charge on any atom is 0.152 e. The number of likely N-dealkylation sites (tertiary alicyclic amines) is 1. The monoisotopic (exact) mass is 441 g/mol. The van der Waals surface area contributed by atoms with Gasteiger partial charge in [0.2, 0.25) is 0 Å². The average Bonchev–Trinajstić information content (AvgIpc) is 3.42. The third kappa shape index (κ3) is 3.47. The number of piperidine rings is 1. The van der Waals surface area contributed by atoms with Gasteiger partial charge in [-0.2, -0.15) is 0 Å². The van der Waals surface area contributed by atoms with Crippen LogP contribution >= 0.6 is 23.2 Å². The molecule has 1 atom stereocenters. The van der Waals surface area contributed by atoms with Crippen LogP contribution in [0.2, 0.25) is 10.0 Å². The van der Waals surface area contributed by atoms with Crippen LogP contribution in [0.15, 0.2) is 48.8 Å². The Morgan fingerprint density at radius 1 is 1.07 bits per heavy atom. The molecule has 0 saturated carbocycles. The van der Waals surface area contributed by atoms with Crippen molar-refractivity contribution in [2.24, 2.45) is 0 Å². The Kier molecular flexibility index (Phi) is 5.40. The fourth-order valence-electron chi connectivity index (χ4n) is 4.72. The second-order valence-corrected chi connectivity index (χ2v) is 8.80. The Bertz CT molecular complexity index is 1170. The van der Waals surface area contributed by atoms with E-state index in [2.05, 4.69) is 52.3 Å². The molecule has 1 aliphatic heterocycles. The summed E-state index contributed by atoms with van der Waals surface area (Å²) in [5, 5.41) is 3.52. The summed E-state index contributed by atoms with van der Waals surface area (Å²) in [4.78, 5) is 9.06. The number of H-pyrrole nitrogens is 2. The van der Waals surface area contributed by atoms with Gasteiger partial charge in [-0.05, 0) is 55.0 Å². The summed E-state index contributed by atoms with van der Waals surface area (Å²) < 4.78 is 6.47. The number of aromatic nitrogens is 2. The maximum absolute atomic E-state index is 6.47. The van der Waals surface area contributed by atoms with E-state index in [0.717, 1.165) is 54.5 Å². The van der Waals surface area contributed by atoms with E-state index in [0.29, 0.717) is 16.0 Å². The second kappa shape index (κ2) is 8.18. The van der Waals surface area contributed by atoms with Gasteiger partial charge in [-0.1, -0.05) is 42.3 Å². The van der Waals surface area contributed by atoms with Crippen molar-refractivity contribution >= 4 is 45.0 Å². The largest absolute Gasteiger partial charge is 0.474 e. The fraction of sp³-hybridized carbons (Fsp3) is 0.333. The minimum Gasteiger partial charge on any atom is -0.474 e. The van der Waals surface area contributed by atoms with Crippen LogP contribution < -0.4 is 4.74 Å². The number of halogens is 2. The van der Waals surface area contributed by atoms with Crippen molar-refractivity contribution in [2.45, 2.75) is 38.3 Å². The van der Waals surface area contributed by atoms with E-state index >= 15 is 0 Å². The standard InChI is InChI=1S/C24H25Cl2N3O/c1-2-22(30-21-5-3-4-20-17(21)8-11-27-20)29-12-9-15(10-13-29)18-14-28-24-16(18)6-7-19(25)23(24)26/h3-8,11,14-15,22,27-28H,2,9-10,12-13H2,1H3. The van der Waals surface area contributed by atoms with Crippen molar-refractivity contribution in [3.05, 3.63) is 64.4 Å². The van der Waals surface area contributed by atoms with Crippen molar-refractivity contribution < 1.29 is 4.74 Å². The quantitative estimate of drug-likeness (QED) is 0.351. The number of nitrogens with one attached hydrogen (secondary N) is 2. The van der Waals surface area contributed by atoms with E-state index in [-0.39, 0.29) is 6.23 Å². The lowest BCUT2D eigenvalue weighted by atomic mass is 9.89. The Hall–Kier alpha value is -2.14. The predicted molar refractivity (Wildman–Crippen MR) is 125 cm³/mol. The molecular weight excluding hydrogens is 417 g/mol. The van der Waals surface area contributed by atoms with Gasteiger partial charge >= 0.3 is 0 Å². The fourth-order valence-corrected chi connectivity index (χ4v) is 5.10. The van der Waals surface area contributed by atoms with Crippen LogP contribution in [-0.2, 0) is 0 Å². The second-order valence-electron chi connectivity index (χ2n) is 8.01.